The molecule has 5 heteroatoms. The Bertz CT molecular complexity index is 426. The molecule has 1 unspecified atom stereocenters. The van der Waals surface area contributed by atoms with Crippen LogP contribution in [-0.4, -0.2) is 18.0 Å². The Morgan fingerprint density at radius 2 is 1.72 bits per heavy atom. The van der Waals surface area contributed by atoms with Crippen molar-refractivity contribution in [3.05, 3.63) is 29.8 Å². The van der Waals surface area contributed by atoms with Gasteiger partial charge in [0.1, 0.15) is 5.75 Å². The summed E-state index contributed by atoms with van der Waals surface area (Å²) in [6, 6.07) is 6.59. The van der Waals surface area contributed by atoms with E-state index in [0.29, 0.717) is 11.7 Å². The van der Waals surface area contributed by atoms with E-state index >= 15 is 0 Å². The number of carbonyl (C=O) groups is 2. The van der Waals surface area contributed by atoms with Crippen LogP contribution in [0, 0.1) is 0 Å². The van der Waals surface area contributed by atoms with Gasteiger partial charge in [-0.3, -0.25) is 10.1 Å². The van der Waals surface area contributed by atoms with Gasteiger partial charge in [-0.1, -0.05) is 26.0 Å². The van der Waals surface area contributed by atoms with E-state index in [9.17, 15) is 9.59 Å². The van der Waals surface area contributed by atoms with Gasteiger partial charge in [0.05, 0.1) is 0 Å². The summed E-state index contributed by atoms with van der Waals surface area (Å²) in [5, 5.41) is 1.97. The highest BCUT2D eigenvalue weighted by molar-refractivity contribution is 5.95. The zero-order chi connectivity index (χ0) is 13.7. The van der Waals surface area contributed by atoms with Crippen molar-refractivity contribution in [3.8, 4) is 5.75 Å². The molecule has 0 aliphatic rings. The molecule has 0 heterocycles. The van der Waals surface area contributed by atoms with Crippen LogP contribution in [0.2, 0.25) is 0 Å². The molecule has 1 aromatic carbocycles. The Kier molecular flexibility index (Phi) is 4.71. The zero-order valence-corrected chi connectivity index (χ0v) is 10.8. The van der Waals surface area contributed by atoms with Crippen molar-refractivity contribution in [1.29, 1.82) is 0 Å². The lowest BCUT2D eigenvalue weighted by molar-refractivity contribution is -0.126. The molecule has 0 aromatic heterocycles. The lowest BCUT2D eigenvalue weighted by atomic mass is 10.0. The summed E-state index contributed by atoms with van der Waals surface area (Å²) >= 11 is 0. The minimum atomic E-state index is -0.884. The number of benzene rings is 1. The van der Waals surface area contributed by atoms with Gasteiger partial charge >= 0.3 is 6.03 Å². The minimum Gasteiger partial charge on any atom is -0.481 e. The van der Waals surface area contributed by atoms with Gasteiger partial charge in [-0.05, 0) is 30.5 Å². The smallest absolute Gasteiger partial charge is 0.318 e. The van der Waals surface area contributed by atoms with Crippen molar-refractivity contribution in [1.82, 2.24) is 5.32 Å². The maximum Gasteiger partial charge on any atom is 0.318 e. The van der Waals surface area contributed by atoms with E-state index in [1.807, 2.05) is 17.4 Å². The van der Waals surface area contributed by atoms with E-state index in [-0.39, 0.29) is 0 Å². The quantitative estimate of drug-likeness (QED) is 0.854. The Hall–Kier alpha value is -2.04. The summed E-state index contributed by atoms with van der Waals surface area (Å²) in [4.78, 5) is 21.9. The number of amides is 3. The predicted molar refractivity (Wildman–Crippen MR) is 68.3 cm³/mol. The number of hydrogen-bond donors (Lipinski definition) is 2. The monoisotopic (exact) mass is 250 g/mol. The van der Waals surface area contributed by atoms with Crippen molar-refractivity contribution in [2.45, 2.75) is 32.8 Å². The molecule has 3 N–H and O–H groups in total. The average Bonchev–Trinajstić information content (AvgIpc) is 2.28. The number of ether oxygens (including phenoxy) is 1. The SMILES string of the molecule is CC(Oc1ccc(C(C)C)cc1)C(=O)NC(N)=O. The van der Waals surface area contributed by atoms with Crippen molar-refractivity contribution in [3.63, 3.8) is 0 Å². The number of imide groups is 1. The lowest BCUT2D eigenvalue weighted by Gasteiger charge is -2.14. The molecule has 0 saturated carbocycles. The number of nitrogens with two attached hydrogens (primary N) is 1. The van der Waals surface area contributed by atoms with Crippen LogP contribution in [0.25, 0.3) is 0 Å². The fourth-order valence-electron chi connectivity index (χ4n) is 1.41. The normalized spacial score (nSPS) is 12.0. The molecule has 0 aliphatic heterocycles. The number of rotatable bonds is 4. The van der Waals surface area contributed by atoms with Gasteiger partial charge in [-0.2, -0.15) is 0 Å². The second-order valence-corrected chi connectivity index (χ2v) is 4.34. The van der Waals surface area contributed by atoms with Crippen LogP contribution in [0.15, 0.2) is 24.3 Å². The molecule has 1 atom stereocenters. The van der Waals surface area contributed by atoms with E-state index in [4.69, 9.17) is 10.5 Å². The molecule has 0 bridgehead atoms. The fraction of sp³-hybridized carbons (Fsp3) is 0.385. The van der Waals surface area contributed by atoms with E-state index in [1.165, 1.54) is 5.56 Å². The van der Waals surface area contributed by atoms with Crippen LogP contribution in [0.5, 0.6) is 5.75 Å². The van der Waals surface area contributed by atoms with Gasteiger partial charge in [-0.25, -0.2) is 4.79 Å². The van der Waals surface area contributed by atoms with Crippen LogP contribution in [0.4, 0.5) is 4.79 Å². The first-order chi connectivity index (χ1) is 8.40. The summed E-state index contributed by atoms with van der Waals surface area (Å²) < 4.78 is 5.39. The molecule has 0 fully saturated rings. The number of nitrogens with one attached hydrogen (secondary N) is 1. The largest absolute Gasteiger partial charge is 0.481 e. The molecule has 5 nitrogen and oxygen atoms in total. The molecule has 1 rings (SSSR count). The number of hydrogen-bond acceptors (Lipinski definition) is 3. The van der Waals surface area contributed by atoms with Crippen LogP contribution in [0.1, 0.15) is 32.3 Å². The molecule has 18 heavy (non-hydrogen) atoms. The van der Waals surface area contributed by atoms with Crippen molar-refractivity contribution in [2.75, 3.05) is 0 Å². The van der Waals surface area contributed by atoms with Gasteiger partial charge in [0.2, 0.25) is 0 Å². The predicted octanol–water partition coefficient (Wildman–Crippen LogP) is 1.77. The van der Waals surface area contributed by atoms with Crippen LogP contribution in [-0.2, 0) is 4.79 Å². The molecular weight excluding hydrogens is 232 g/mol. The number of urea groups is 1. The molecule has 98 valence electrons. The Labute approximate surface area is 106 Å². The second kappa shape index (κ2) is 6.05. The Morgan fingerprint density at radius 3 is 2.17 bits per heavy atom. The van der Waals surface area contributed by atoms with Crippen molar-refractivity contribution >= 4 is 11.9 Å². The molecule has 0 saturated heterocycles. The fourth-order valence-corrected chi connectivity index (χ4v) is 1.41. The van der Waals surface area contributed by atoms with Gasteiger partial charge in [0, 0.05) is 0 Å². The van der Waals surface area contributed by atoms with E-state index in [2.05, 4.69) is 13.8 Å². The molecular formula is C13H18N2O3. The first-order valence-corrected chi connectivity index (χ1v) is 5.77. The number of primary amides is 1. The third-order valence-electron chi connectivity index (χ3n) is 2.48. The topological polar surface area (TPSA) is 81.4 Å². The van der Waals surface area contributed by atoms with Gasteiger partial charge in [0.15, 0.2) is 6.10 Å². The third-order valence-corrected chi connectivity index (χ3v) is 2.48. The standard InChI is InChI=1S/C13H18N2O3/c1-8(2)10-4-6-11(7-5-10)18-9(3)12(16)15-13(14)17/h4-9H,1-3H3,(H3,14,15,16,17). The summed E-state index contributed by atoms with van der Waals surface area (Å²) in [6.07, 6.45) is -0.776. The third kappa shape index (κ3) is 4.08. The summed E-state index contributed by atoms with van der Waals surface area (Å²) in [6.45, 7) is 5.74. The first-order valence-electron chi connectivity index (χ1n) is 5.77. The van der Waals surface area contributed by atoms with Gasteiger partial charge in [-0.15, -0.1) is 0 Å². The second-order valence-electron chi connectivity index (χ2n) is 4.34. The summed E-state index contributed by atoms with van der Waals surface area (Å²) in [7, 11) is 0. The Balaban J connectivity index is 2.61. The van der Waals surface area contributed by atoms with Gasteiger partial charge < -0.3 is 10.5 Å². The minimum absolute atomic E-state index is 0.439. The molecule has 0 spiro atoms. The van der Waals surface area contributed by atoms with Crippen molar-refractivity contribution in [2.24, 2.45) is 5.73 Å². The first kappa shape index (κ1) is 14.0. The molecule has 1 aromatic rings. The van der Waals surface area contributed by atoms with Crippen LogP contribution < -0.4 is 15.8 Å². The Morgan fingerprint density at radius 1 is 1.17 bits per heavy atom. The van der Waals surface area contributed by atoms with Gasteiger partial charge in [0.25, 0.3) is 5.91 Å². The molecule has 3 amide bonds. The maximum atomic E-state index is 11.4. The van der Waals surface area contributed by atoms with Crippen molar-refractivity contribution < 1.29 is 14.3 Å². The summed E-state index contributed by atoms with van der Waals surface area (Å²) in [5.41, 5.74) is 6.04. The van der Waals surface area contributed by atoms with Crippen LogP contribution >= 0.6 is 0 Å². The molecule has 0 radical (unpaired) electrons. The van der Waals surface area contributed by atoms with Crippen LogP contribution in [0.3, 0.4) is 0 Å². The zero-order valence-electron chi connectivity index (χ0n) is 10.8. The lowest BCUT2D eigenvalue weighted by Crippen LogP contribution is -2.42. The highest BCUT2D eigenvalue weighted by atomic mass is 16.5. The van der Waals surface area contributed by atoms with E-state index in [1.54, 1.807) is 19.1 Å². The highest BCUT2D eigenvalue weighted by Crippen LogP contribution is 2.19. The summed E-state index contributed by atoms with van der Waals surface area (Å²) in [5.74, 6) is 0.455. The van der Waals surface area contributed by atoms with E-state index < -0.39 is 18.0 Å². The van der Waals surface area contributed by atoms with E-state index in [0.717, 1.165) is 0 Å². The maximum absolute atomic E-state index is 11.4. The average molecular weight is 250 g/mol. The number of carbonyl (C=O) groups excluding carboxylic acids is 2. The highest BCUT2D eigenvalue weighted by Gasteiger charge is 2.15. The molecule has 0 aliphatic carbocycles.